The molecular formula is C12H19N3O2. The molecule has 0 aliphatic rings. The van der Waals surface area contributed by atoms with E-state index >= 15 is 0 Å². The minimum atomic E-state index is -0.873. The lowest BCUT2D eigenvalue weighted by Gasteiger charge is -2.20. The highest BCUT2D eigenvalue weighted by Crippen LogP contribution is 2.13. The van der Waals surface area contributed by atoms with Crippen LogP contribution in [0.1, 0.15) is 31.7 Å². The smallest absolute Gasteiger partial charge is 0.326 e. The van der Waals surface area contributed by atoms with Gasteiger partial charge in [-0.25, -0.2) is 14.8 Å². The summed E-state index contributed by atoms with van der Waals surface area (Å²) < 4.78 is 0. The molecule has 2 N–H and O–H groups in total. The second kappa shape index (κ2) is 5.61. The summed E-state index contributed by atoms with van der Waals surface area (Å²) in [5.74, 6) is -0.464. The van der Waals surface area contributed by atoms with Crippen LogP contribution in [0.5, 0.6) is 0 Å². The van der Waals surface area contributed by atoms with E-state index < -0.39 is 12.0 Å². The van der Waals surface area contributed by atoms with Gasteiger partial charge in [-0.2, -0.15) is 0 Å². The summed E-state index contributed by atoms with van der Waals surface area (Å²) in [4.78, 5) is 19.5. The molecule has 0 spiro atoms. The van der Waals surface area contributed by atoms with Crippen LogP contribution >= 0.6 is 0 Å². The minimum absolute atomic E-state index is 0.0249. The number of carbonyl (C=O) groups is 1. The number of hydrogen-bond donors (Lipinski definition) is 2. The van der Waals surface area contributed by atoms with E-state index in [1.54, 1.807) is 0 Å². The van der Waals surface area contributed by atoms with Gasteiger partial charge in [-0.15, -0.1) is 0 Å². The molecule has 94 valence electrons. The fraction of sp³-hybridized carbons (Fsp3) is 0.583. The number of aryl methyl sites for hydroxylation is 2. The molecule has 1 aromatic rings. The number of nitrogens with zero attached hydrogens (tertiary/aromatic N) is 2. The summed E-state index contributed by atoms with van der Waals surface area (Å²) in [7, 11) is 0. The number of hydrogen-bond acceptors (Lipinski definition) is 4. The van der Waals surface area contributed by atoms with E-state index in [1.165, 1.54) is 0 Å². The standard InChI is InChI=1S/C12H19N3O2/c1-5-7(2)10(11(16)17)15-12-13-8(3)6-9(4)14-12/h6-7,10H,5H2,1-4H3,(H,16,17)(H,13,14,15). The maximum absolute atomic E-state index is 11.2. The average molecular weight is 237 g/mol. The summed E-state index contributed by atoms with van der Waals surface area (Å²) in [5.41, 5.74) is 1.65. The van der Waals surface area contributed by atoms with Crippen LogP contribution in [0.25, 0.3) is 0 Å². The molecule has 0 aromatic carbocycles. The molecule has 1 rings (SSSR count). The Balaban J connectivity index is 2.89. The van der Waals surface area contributed by atoms with Crippen LogP contribution in [-0.2, 0) is 4.79 Å². The van der Waals surface area contributed by atoms with Crippen LogP contribution in [0.3, 0.4) is 0 Å². The van der Waals surface area contributed by atoms with Crippen molar-refractivity contribution in [1.82, 2.24) is 9.97 Å². The van der Waals surface area contributed by atoms with E-state index in [0.717, 1.165) is 17.8 Å². The van der Waals surface area contributed by atoms with Gasteiger partial charge >= 0.3 is 5.97 Å². The minimum Gasteiger partial charge on any atom is -0.480 e. The number of anilines is 1. The van der Waals surface area contributed by atoms with Crippen molar-refractivity contribution >= 4 is 11.9 Å². The fourth-order valence-corrected chi connectivity index (χ4v) is 1.61. The highest BCUT2D eigenvalue weighted by Gasteiger charge is 2.24. The summed E-state index contributed by atoms with van der Waals surface area (Å²) in [6.45, 7) is 7.58. The predicted molar refractivity (Wildman–Crippen MR) is 66.0 cm³/mol. The molecule has 0 amide bonds. The normalized spacial score (nSPS) is 14.1. The zero-order valence-electron chi connectivity index (χ0n) is 10.7. The number of carboxylic acid groups (broad SMARTS) is 1. The van der Waals surface area contributed by atoms with Crippen LogP contribution in [0, 0.1) is 19.8 Å². The molecule has 2 atom stereocenters. The summed E-state index contributed by atoms with van der Waals surface area (Å²) in [6, 6.07) is 1.20. The largest absolute Gasteiger partial charge is 0.480 e. The number of carboxylic acids is 1. The Hall–Kier alpha value is -1.65. The van der Waals surface area contributed by atoms with Gasteiger partial charge < -0.3 is 10.4 Å². The van der Waals surface area contributed by atoms with Crippen molar-refractivity contribution in [3.63, 3.8) is 0 Å². The number of rotatable bonds is 5. The molecule has 0 bridgehead atoms. The molecule has 0 saturated heterocycles. The molecule has 5 nitrogen and oxygen atoms in total. The van der Waals surface area contributed by atoms with Gasteiger partial charge in [0.1, 0.15) is 6.04 Å². The molecule has 0 saturated carbocycles. The van der Waals surface area contributed by atoms with E-state index in [0.29, 0.717) is 5.95 Å². The van der Waals surface area contributed by atoms with E-state index in [9.17, 15) is 4.79 Å². The second-order valence-electron chi connectivity index (χ2n) is 4.32. The van der Waals surface area contributed by atoms with Crippen molar-refractivity contribution in [3.8, 4) is 0 Å². The quantitative estimate of drug-likeness (QED) is 0.819. The maximum atomic E-state index is 11.2. The molecule has 2 unspecified atom stereocenters. The lowest BCUT2D eigenvalue weighted by molar-refractivity contribution is -0.139. The van der Waals surface area contributed by atoms with Gasteiger partial charge in [-0.05, 0) is 25.8 Å². The third kappa shape index (κ3) is 3.69. The molecule has 0 fully saturated rings. The highest BCUT2D eigenvalue weighted by molar-refractivity contribution is 5.76. The third-order valence-corrected chi connectivity index (χ3v) is 2.75. The molecule has 17 heavy (non-hydrogen) atoms. The third-order valence-electron chi connectivity index (χ3n) is 2.75. The molecule has 1 aromatic heterocycles. The molecule has 0 aliphatic heterocycles. The van der Waals surface area contributed by atoms with Gasteiger partial charge in [0, 0.05) is 11.4 Å². The van der Waals surface area contributed by atoms with Crippen LogP contribution in [0.4, 0.5) is 5.95 Å². The molecule has 0 radical (unpaired) electrons. The SMILES string of the molecule is CCC(C)C(Nc1nc(C)cc(C)n1)C(=O)O. The number of aromatic nitrogens is 2. The lowest BCUT2D eigenvalue weighted by atomic mass is 9.99. The first-order valence-electron chi connectivity index (χ1n) is 5.75. The average Bonchev–Trinajstić information content (AvgIpc) is 2.23. The van der Waals surface area contributed by atoms with E-state index in [1.807, 2.05) is 33.8 Å². The van der Waals surface area contributed by atoms with Gasteiger partial charge in [-0.1, -0.05) is 20.3 Å². The van der Waals surface area contributed by atoms with E-state index in [2.05, 4.69) is 15.3 Å². The number of aliphatic carboxylic acids is 1. The Morgan fingerprint density at radius 3 is 2.35 bits per heavy atom. The Morgan fingerprint density at radius 2 is 1.94 bits per heavy atom. The Labute approximate surface area is 101 Å². The highest BCUT2D eigenvalue weighted by atomic mass is 16.4. The van der Waals surface area contributed by atoms with Crippen molar-refractivity contribution in [2.45, 2.75) is 40.2 Å². The first kappa shape index (κ1) is 13.4. The first-order valence-corrected chi connectivity index (χ1v) is 5.75. The van der Waals surface area contributed by atoms with Crippen LogP contribution < -0.4 is 5.32 Å². The zero-order valence-corrected chi connectivity index (χ0v) is 10.7. The molecule has 1 heterocycles. The van der Waals surface area contributed by atoms with E-state index in [-0.39, 0.29) is 5.92 Å². The second-order valence-corrected chi connectivity index (χ2v) is 4.32. The monoisotopic (exact) mass is 237 g/mol. The van der Waals surface area contributed by atoms with Crippen molar-refractivity contribution in [1.29, 1.82) is 0 Å². The summed E-state index contributed by atoms with van der Waals surface area (Å²) in [6.07, 6.45) is 0.786. The summed E-state index contributed by atoms with van der Waals surface area (Å²) in [5, 5.41) is 12.0. The van der Waals surface area contributed by atoms with E-state index in [4.69, 9.17) is 5.11 Å². The van der Waals surface area contributed by atoms with Gasteiger partial charge in [0.05, 0.1) is 0 Å². The van der Waals surface area contributed by atoms with Gasteiger partial charge in [0.25, 0.3) is 0 Å². The zero-order chi connectivity index (χ0) is 13.0. The van der Waals surface area contributed by atoms with Crippen molar-refractivity contribution in [3.05, 3.63) is 17.5 Å². The van der Waals surface area contributed by atoms with Gasteiger partial charge in [0.2, 0.25) is 5.95 Å². The Morgan fingerprint density at radius 1 is 1.41 bits per heavy atom. The first-order chi connectivity index (χ1) is 7.93. The molecule has 5 heteroatoms. The fourth-order valence-electron chi connectivity index (χ4n) is 1.61. The summed E-state index contributed by atoms with van der Waals surface area (Å²) >= 11 is 0. The van der Waals surface area contributed by atoms with Crippen LogP contribution in [0.15, 0.2) is 6.07 Å². The number of nitrogens with one attached hydrogen (secondary N) is 1. The van der Waals surface area contributed by atoms with Gasteiger partial charge in [0.15, 0.2) is 0 Å². The molecule has 0 aliphatic carbocycles. The van der Waals surface area contributed by atoms with Crippen LogP contribution in [0.2, 0.25) is 0 Å². The lowest BCUT2D eigenvalue weighted by Crippen LogP contribution is -2.36. The van der Waals surface area contributed by atoms with Gasteiger partial charge in [-0.3, -0.25) is 0 Å². The Kier molecular flexibility index (Phi) is 4.43. The maximum Gasteiger partial charge on any atom is 0.326 e. The van der Waals surface area contributed by atoms with Crippen molar-refractivity contribution in [2.24, 2.45) is 5.92 Å². The van der Waals surface area contributed by atoms with Crippen molar-refractivity contribution in [2.75, 3.05) is 5.32 Å². The van der Waals surface area contributed by atoms with Crippen molar-refractivity contribution < 1.29 is 9.90 Å². The van der Waals surface area contributed by atoms with Crippen LogP contribution in [-0.4, -0.2) is 27.1 Å². The predicted octanol–water partition coefficient (Wildman–Crippen LogP) is 2.00. The Bertz CT molecular complexity index is 386. The topological polar surface area (TPSA) is 75.1 Å². The molecular weight excluding hydrogens is 218 g/mol.